The van der Waals surface area contributed by atoms with Crippen LogP contribution in [0.5, 0.6) is 0 Å². The number of nitrogens with zero attached hydrogens (tertiary/aromatic N) is 2. The van der Waals surface area contributed by atoms with Crippen molar-refractivity contribution in [1.82, 2.24) is 9.38 Å². The van der Waals surface area contributed by atoms with Crippen molar-refractivity contribution in [1.29, 1.82) is 0 Å². The van der Waals surface area contributed by atoms with Gasteiger partial charge >= 0.3 is 0 Å². The number of hydrogen-bond donors (Lipinski definition) is 1. The van der Waals surface area contributed by atoms with Crippen LogP contribution >= 0.6 is 11.6 Å². The van der Waals surface area contributed by atoms with E-state index in [9.17, 15) is 0 Å². The van der Waals surface area contributed by atoms with Gasteiger partial charge < -0.3 is 10.1 Å². The van der Waals surface area contributed by atoms with E-state index in [0.717, 1.165) is 29.9 Å². The van der Waals surface area contributed by atoms with Crippen molar-refractivity contribution in [3.63, 3.8) is 0 Å². The summed E-state index contributed by atoms with van der Waals surface area (Å²) in [6.45, 7) is 6.37. The van der Waals surface area contributed by atoms with E-state index in [1.54, 1.807) is 0 Å². The van der Waals surface area contributed by atoms with E-state index in [-0.39, 0.29) is 6.04 Å². The molecule has 2 N–H and O–H groups in total. The Hall–Kier alpha value is -1.06. The van der Waals surface area contributed by atoms with E-state index in [2.05, 4.69) is 18.8 Å². The lowest BCUT2D eigenvalue weighted by Crippen LogP contribution is -2.22. The number of halogens is 1. The van der Waals surface area contributed by atoms with Gasteiger partial charge in [0.05, 0.1) is 22.5 Å². The van der Waals surface area contributed by atoms with Gasteiger partial charge in [-0.3, -0.25) is 0 Å². The molecule has 0 spiro atoms. The Morgan fingerprint density at radius 1 is 1.33 bits per heavy atom. The normalized spacial score (nSPS) is 13.4. The van der Waals surface area contributed by atoms with Gasteiger partial charge in [-0.1, -0.05) is 38.3 Å². The quantitative estimate of drug-likeness (QED) is 0.915. The highest BCUT2D eigenvalue weighted by atomic mass is 35.5. The standard InChI is InChI=1S/C14H20ClN3/c1-4-10(5-2)13(16)14-9(3)17-12-7-6-11(15)8-18(12)14/h6-8,10,13H,4-5,16H2,1-3H3. The molecule has 0 fully saturated rings. The number of hydrogen-bond acceptors (Lipinski definition) is 2. The fourth-order valence-electron chi connectivity index (χ4n) is 2.58. The van der Waals surface area contributed by atoms with Gasteiger partial charge in [0.1, 0.15) is 5.65 Å². The zero-order chi connectivity index (χ0) is 13.3. The van der Waals surface area contributed by atoms with Crippen LogP contribution in [-0.4, -0.2) is 9.38 Å². The van der Waals surface area contributed by atoms with Gasteiger partial charge in [0.25, 0.3) is 0 Å². The second-order valence-electron chi connectivity index (χ2n) is 4.76. The molecule has 0 aliphatic rings. The molecule has 3 nitrogen and oxygen atoms in total. The third-order valence-electron chi connectivity index (χ3n) is 3.68. The number of fused-ring (bicyclic) bond motifs is 1. The molecular formula is C14H20ClN3. The molecule has 2 heterocycles. The molecule has 0 saturated carbocycles. The van der Waals surface area contributed by atoms with Crippen molar-refractivity contribution in [2.75, 3.05) is 0 Å². The molecule has 0 saturated heterocycles. The Kier molecular flexibility index (Phi) is 3.93. The maximum atomic E-state index is 6.42. The predicted octanol–water partition coefficient (Wildman–Crippen LogP) is 3.73. The van der Waals surface area contributed by atoms with Crippen LogP contribution in [0.15, 0.2) is 18.3 Å². The van der Waals surface area contributed by atoms with Crippen LogP contribution in [0.2, 0.25) is 5.02 Å². The van der Waals surface area contributed by atoms with Crippen molar-refractivity contribution in [2.45, 2.75) is 39.7 Å². The second-order valence-corrected chi connectivity index (χ2v) is 5.20. The summed E-state index contributed by atoms with van der Waals surface area (Å²) in [4.78, 5) is 4.55. The first-order valence-corrected chi connectivity index (χ1v) is 6.85. The van der Waals surface area contributed by atoms with Crippen LogP contribution in [0.1, 0.15) is 44.1 Å². The van der Waals surface area contributed by atoms with Crippen LogP contribution in [0.25, 0.3) is 5.65 Å². The van der Waals surface area contributed by atoms with Crippen LogP contribution in [0.3, 0.4) is 0 Å². The molecule has 2 rings (SSSR count). The van der Waals surface area contributed by atoms with Gasteiger partial charge in [0.15, 0.2) is 0 Å². The number of aromatic nitrogens is 2. The maximum Gasteiger partial charge on any atom is 0.137 e. The number of rotatable bonds is 4. The first kappa shape index (κ1) is 13.4. The number of aryl methyl sites for hydroxylation is 1. The lowest BCUT2D eigenvalue weighted by molar-refractivity contribution is 0.396. The third kappa shape index (κ3) is 2.25. The number of imidazole rings is 1. The Balaban J connectivity index is 2.55. The Bertz CT molecular complexity index is 543. The number of pyridine rings is 1. The molecule has 2 aromatic rings. The highest BCUT2D eigenvalue weighted by Gasteiger charge is 2.22. The van der Waals surface area contributed by atoms with E-state index < -0.39 is 0 Å². The minimum Gasteiger partial charge on any atom is -0.322 e. The van der Waals surface area contributed by atoms with Gasteiger partial charge in [-0.15, -0.1) is 0 Å². The monoisotopic (exact) mass is 265 g/mol. The Labute approximate surface area is 113 Å². The van der Waals surface area contributed by atoms with Crippen molar-refractivity contribution < 1.29 is 0 Å². The van der Waals surface area contributed by atoms with E-state index in [1.165, 1.54) is 0 Å². The molecule has 1 unspecified atom stereocenters. The van der Waals surface area contributed by atoms with E-state index in [4.69, 9.17) is 17.3 Å². The van der Waals surface area contributed by atoms with Crippen LogP contribution in [0, 0.1) is 12.8 Å². The fraction of sp³-hybridized carbons (Fsp3) is 0.500. The van der Waals surface area contributed by atoms with E-state index in [0.29, 0.717) is 10.9 Å². The average Bonchev–Trinajstić information content (AvgIpc) is 2.65. The molecule has 18 heavy (non-hydrogen) atoms. The highest BCUT2D eigenvalue weighted by molar-refractivity contribution is 6.30. The van der Waals surface area contributed by atoms with Crippen molar-refractivity contribution >= 4 is 17.2 Å². The van der Waals surface area contributed by atoms with E-state index >= 15 is 0 Å². The summed E-state index contributed by atoms with van der Waals surface area (Å²) in [6, 6.07) is 3.79. The molecule has 0 bridgehead atoms. The topological polar surface area (TPSA) is 43.3 Å². The summed E-state index contributed by atoms with van der Waals surface area (Å²) in [5.41, 5.74) is 9.41. The van der Waals surface area contributed by atoms with E-state index in [1.807, 2.05) is 29.7 Å². The first-order chi connectivity index (χ1) is 8.58. The molecule has 0 radical (unpaired) electrons. The van der Waals surface area contributed by atoms with Crippen LogP contribution in [0.4, 0.5) is 0 Å². The summed E-state index contributed by atoms with van der Waals surface area (Å²) in [5.74, 6) is 0.475. The molecule has 0 aliphatic heterocycles. The molecular weight excluding hydrogens is 246 g/mol. The van der Waals surface area contributed by atoms with Gasteiger partial charge in [-0.25, -0.2) is 4.98 Å². The predicted molar refractivity (Wildman–Crippen MR) is 75.9 cm³/mol. The Morgan fingerprint density at radius 2 is 2.00 bits per heavy atom. The van der Waals surface area contributed by atoms with Crippen LogP contribution in [-0.2, 0) is 0 Å². The second kappa shape index (κ2) is 5.29. The molecule has 1 atom stereocenters. The summed E-state index contributed by atoms with van der Waals surface area (Å²) >= 11 is 6.06. The molecule has 0 aliphatic carbocycles. The zero-order valence-corrected chi connectivity index (χ0v) is 11.9. The van der Waals surface area contributed by atoms with Gasteiger partial charge in [-0.2, -0.15) is 0 Å². The third-order valence-corrected chi connectivity index (χ3v) is 3.90. The molecule has 4 heteroatoms. The molecule has 98 valence electrons. The molecule has 2 aromatic heterocycles. The van der Waals surface area contributed by atoms with Gasteiger partial charge in [0, 0.05) is 6.20 Å². The lowest BCUT2D eigenvalue weighted by Gasteiger charge is -2.21. The highest BCUT2D eigenvalue weighted by Crippen LogP contribution is 2.28. The number of nitrogens with two attached hydrogens (primary N) is 1. The minimum absolute atomic E-state index is 0.00784. The fourth-order valence-corrected chi connectivity index (χ4v) is 2.74. The largest absolute Gasteiger partial charge is 0.322 e. The zero-order valence-electron chi connectivity index (χ0n) is 11.2. The molecule has 0 aromatic carbocycles. The summed E-state index contributed by atoms with van der Waals surface area (Å²) < 4.78 is 2.03. The Morgan fingerprint density at radius 3 is 2.61 bits per heavy atom. The van der Waals surface area contributed by atoms with Crippen LogP contribution < -0.4 is 5.73 Å². The average molecular weight is 266 g/mol. The summed E-state index contributed by atoms with van der Waals surface area (Å²) in [7, 11) is 0. The first-order valence-electron chi connectivity index (χ1n) is 6.48. The summed E-state index contributed by atoms with van der Waals surface area (Å²) in [6.07, 6.45) is 4.05. The maximum absolute atomic E-state index is 6.42. The van der Waals surface area contributed by atoms with Gasteiger partial charge in [-0.05, 0) is 25.0 Å². The van der Waals surface area contributed by atoms with Crippen molar-refractivity contribution in [3.05, 3.63) is 34.7 Å². The smallest absolute Gasteiger partial charge is 0.137 e. The molecule has 0 amide bonds. The van der Waals surface area contributed by atoms with Gasteiger partial charge in [0.2, 0.25) is 0 Å². The van der Waals surface area contributed by atoms with Crippen molar-refractivity contribution in [3.8, 4) is 0 Å². The minimum atomic E-state index is 0.00784. The summed E-state index contributed by atoms with van der Waals surface area (Å²) in [5, 5.41) is 0.706. The van der Waals surface area contributed by atoms with Crippen molar-refractivity contribution in [2.24, 2.45) is 11.7 Å². The SMILES string of the molecule is CCC(CC)C(N)c1c(C)nc2ccc(Cl)cn12. The lowest BCUT2D eigenvalue weighted by atomic mass is 9.92.